The summed E-state index contributed by atoms with van der Waals surface area (Å²) in [6.45, 7) is 3.32. The molecule has 2 rings (SSSR count). The fourth-order valence-corrected chi connectivity index (χ4v) is 2.36. The molecule has 0 atom stereocenters. The standard InChI is InChI=1S/C14H17NO2/c1-11-3-4-13(16-2)12(9-11)14(10-15)5-7-17-8-6-14/h3-4,9H,5-8H2,1-2H3. The third-order valence-corrected chi connectivity index (χ3v) is 3.43. The van der Waals surface area contributed by atoms with Crippen molar-refractivity contribution in [3.8, 4) is 11.8 Å². The molecule has 0 radical (unpaired) electrons. The Balaban J connectivity index is 2.49. The molecule has 1 aromatic carbocycles. The molecule has 0 amide bonds. The number of rotatable bonds is 2. The van der Waals surface area contributed by atoms with Crippen LogP contribution in [0.3, 0.4) is 0 Å². The molecule has 3 nitrogen and oxygen atoms in total. The molecule has 90 valence electrons. The smallest absolute Gasteiger partial charge is 0.123 e. The van der Waals surface area contributed by atoms with Crippen molar-refractivity contribution in [3.05, 3.63) is 29.3 Å². The highest BCUT2D eigenvalue weighted by Crippen LogP contribution is 2.39. The summed E-state index contributed by atoms with van der Waals surface area (Å²) >= 11 is 0. The highest BCUT2D eigenvalue weighted by atomic mass is 16.5. The molecule has 0 unspecified atom stereocenters. The van der Waals surface area contributed by atoms with Crippen LogP contribution in [0.1, 0.15) is 24.0 Å². The lowest BCUT2D eigenvalue weighted by Gasteiger charge is -2.32. The summed E-state index contributed by atoms with van der Waals surface area (Å²) in [7, 11) is 1.65. The second-order valence-electron chi connectivity index (χ2n) is 4.51. The predicted molar refractivity (Wildman–Crippen MR) is 65.1 cm³/mol. The largest absolute Gasteiger partial charge is 0.496 e. The van der Waals surface area contributed by atoms with Crippen molar-refractivity contribution in [3.63, 3.8) is 0 Å². The van der Waals surface area contributed by atoms with Crippen LogP contribution in [0.25, 0.3) is 0 Å². The van der Waals surface area contributed by atoms with Crippen LogP contribution in [-0.2, 0) is 10.2 Å². The normalized spacial score (nSPS) is 18.4. The minimum Gasteiger partial charge on any atom is -0.496 e. The molecule has 1 saturated heterocycles. The highest BCUT2D eigenvalue weighted by molar-refractivity contribution is 5.46. The van der Waals surface area contributed by atoms with Crippen LogP contribution in [0.15, 0.2) is 18.2 Å². The first-order chi connectivity index (χ1) is 8.22. The number of hydrogen-bond acceptors (Lipinski definition) is 3. The van der Waals surface area contributed by atoms with Gasteiger partial charge in [0.25, 0.3) is 0 Å². The van der Waals surface area contributed by atoms with Crippen LogP contribution < -0.4 is 4.74 Å². The minimum absolute atomic E-state index is 0.449. The lowest BCUT2D eigenvalue weighted by atomic mass is 9.74. The van der Waals surface area contributed by atoms with Crippen LogP contribution in [0, 0.1) is 18.3 Å². The van der Waals surface area contributed by atoms with Crippen molar-refractivity contribution in [1.29, 1.82) is 5.26 Å². The van der Waals surface area contributed by atoms with E-state index in [1.807, 2.05) is 19.1 Å². The summed E-state index contributed by atoms with van der Waals surface area (Å²) in [5.74, 6) is 0.805. The Bertz CT molecular complexity index is 442. The lowest BCUT2D eigenvalue weighted by molar-refractivity contribution is 0.0668. The van der Waals surface area contributed by atoms with Crippen molar-refractivity contribution >= 4 is 0 Å². The van der Waals surface area contributed by atoms with E-state index in [9.17, 15) is 5.26 Å². The van der Waals surface area contributed by atoms with E-state index in [0.29, 0.717) is 13.2 Å². The van der Waals surface area contributed by atoms with E-state index in [2.05, 4.69) is 12.1 Å². The van der Waals surface area contributed by atoms with Gasteiger partial charge in [-0.1, -0.05) is 17.7 Å². The van der Waals surface area contributed by atoms with E-state index in [-0.39, 0.29) is 0 Å². The molecule has 0 N–H and O–H groups in total. The first-order valence-electron chi connectivity index (χ1n) is 5.86. The molecule has 0 aliphatic carbocycles. The van der Waals surface area contributed by atoms with Gasteiger partial charge in [0.15, 0.2) is 0 Å². The highest BCUT2D eigenvalue weighted by Gasteiger charge is 2.37. The van der Waals surface area contributed by atoms with Crippen LogP contribution in [-0.4, -0.2) is 20.3 Å². The summed E-state index contributed by atoms with van der Waals surface area (Å²) in [6, 6.07) is 8.49. The van der Waals surface area contributed by atoms with Gasteiger partial charge in [-0.15, -0.1) is 0 Å². The van der Waals surface area contributed by atoms with Gasteiger partial charge in [0.2, 0.25) is 0 Å². The summed E-state index contributed by atoms with van der Waals surface area (Å²) in [5.41, 5.74) is 1.71. The zero-order chi connectivity index (χ0) is 12.3. The van der Waals surface area contributed by atoms with E-state index in [0.717, 1.165) is 29.7 Å². The average Bonchev–Trinajstić information content (AvgIpc) is 2.39. The number of aryl methyl sites for hydroxylation is 1. The van der Waals surface area contributed by atoms with E-state index < -0.39 is 5.41 Å². The fourth-order valence-electron chi connectivity index (χ4n) is 2.36. The first kappa shape index (κ1) is 11.9. The maximum atomic E-state index is 9.54. The Hall–Kier alpha value is -1.53. The maximum absolute atomic E-state index is 9.54. The Morgan fingerprint density at radius 1 is 1.35 bits per heavy atom. The molecule has 1 aliphatic heterocycles. The molecule has 1 aromatic rings. The van der Waals surface area contributed by atoms with Crippen LogP contribution in [0.4, 0.5) is 0 Å². The number of nitrogens with zero attached hydrogens (tertiary/aromatic N) is 1. The Labute approximate surface area is 102 Å². The van der Waals surface area contributed by atoms with E-state index in [4.69, 9.17) is 9.47 Å². The van der Waals surface area contributed by atoms with Gasteiger partial charge in [-0.25, -0.2) is 0 Å². The van der Waals surface area contributed by atoms with Crippen LogP contribution >= 0.6 is 0 Å². The molecule has 0 spiro atoms. The van der Waals surface area contributed by atoms with Gasteiger partial charge in [0, 0.05) is 18.8 Å². The maximum Gasteiger partial charge on any atom is 0.123 e. The number of methoxy groups -OCH3 is 1. The monoisotopic (exact) mass is 231 g/mol. The molecule has 3 heteroatoms. The second kappa shape index (κ2) is 4.77. The van der Waals surface area contributed by atoms with Crippen molar-refractivity contribution in [2.24, 2.45) is 0 Å². The lowest BCUT2D eigenvalue weighted by Crippen LogP contribution is -2.32. The third kappa shape index (κ3) is 2.13. The molecular formula is C14H17NO2. The van der Waals surface area contributed by atoms with Crippen molar-refractivity contribution in [2.75, 3.05) is 20.3 Å². The summed E-state index contributed by atoms with van der Waals surface area (Å²) < 4.78 is 10.7. The number of nitriles is 1. The average molecular weight is 231 g/mol. The summed E-state index contributed by atoms with van der Waals surface area (Å²) in [5, 5.41) is 9.54. The van der Waals surface area contributed by atoms with Gasteiger partial charge in [-0.3, -0.25) is 0 Å². The fraction of sp³-hybridized carbons (Fsp3) is 0.500. The summed E-state index contributed by atoms with van der Waals surface area (Å²) in [4.78, 5) is 0. The molecule has 1 aliphatic rings. The second-order valence-corrected chi connectivity index (χ2v) is 4.51. The van der Waals surface area contributed by atoms with Crippen LogP contribution in [0.2, 0.25) is 0 Å². The Kier molecular flexibility index (Phi) is 3.35. The summed E-state index contributed by atoms with van der Waals surface area (Å²) in [6.07, 6.45) is 1.48. The zero-order valence-electron chi connectivity index (χ0n) is 10.3. The molecule has 0 aromatic heterocycles. The Morgan fingerprint density at radius 3 is 2.65 bits per heavy atom. The zero-order valence-corrected chi connectivity index (χ0v) is 10.3. The first-order valence-corrected chi connectivity index (χ1v) is 5.86. The van der Waals surface area contributed by atoms with Gasteiger partial charge in [-0.2, -0.15) is 5.26 Å². The predicted octanol–water partition coefficient (Wildman–Crippen LogP) is 2.58. The number of ether oxygens (including phenoxy) is 2. The molecule has 0 saturated carbocycles. The Morgan fingerprint density at radius 2 is 2.06 bits per heavy atom. The molecule has 1 fully saturated rings. The number of hydrogen-bond donors (Lipinski definition) is 0. The van der Waals surface area contributed by atoms with Crippen molar-refractivity contribution in [1.82, 2.24) is 0 Å². The topological polar surface area (TPSA) is 42.2 Å². The van der Waals surface area contributed by atoms with E-state index >= 15 is 0 Å². The van der Waals surface area contributed by atoms with Crippen molar-refractivity contribution in [2.45, 2.75) is 25.2 Å². The number of benzene rings is 1. The van der Waals surface area contributed by atoms with Crippen LogP contribution in [0.5, 0.6) is 5.75 Å². The third-order valence-electron chi connectivity index (χ3n) is 3.43. The quantitative estimate of drug-likeness (QED) is 0.785. The van der Waals surface area contributed by atoms with Gasteiger partial charge in [0.1, 0.15) is 5.75 Å². The van der Waals surface area contributed by atoms with Gasteiger partial charge < -0.3 is 9.47 Å². The van der Waals surface area contributed by atoms with Gasteiger partial charge >= 0.3 is 0 Å². The molecule has 17 heavy (non-hydrogen) atoms. The molecular weight excluding hydrogens is 214 g/mol. The SMILES string of the molecule is COc1ccc(C)cc1C1(C#N)CCOCC1. The van der Waals surface area contributed by atoms with Gasteiger partial charge in [0.05, 0.1) is 18.6 Å². The van der Waals surface area contributed by atoms with Crippen molar-refractivity contribution < 1.29 is 9.47 Å². The van der Waals surface area contributed by atoms with E-state index in [1.54, 1.807) is 7.11 Å². The molecule has 0 bridgehead atoms. The minimum atomic E-state index is -0.449. The van der Waals surface area contributed by atoms with Gasteiger partial charge in [-0.05, 0) is 25.8 Å². The molecule has 1 heterocycles. The van der Waals surface area contributed by atoms with E-state index in [1.165, 1.54) is 0 Å².